The van der Waals surface area contributed by atoms with Gasteiger partial charge in [-0.25, -0.2) is 0 Å². The van der Waals surface area contributed by atoms with Gasteiger partial charge in [-0.2, -0.15) is 0 Å². The molecule has 0 saturated carbocycles. The van der Waals surface area contributed by atoms with E-state index in [0.717, 1.165) is 5.56 Å². The monoisotopic (exact) mass is 377 g/mol. The predicted octanol–water partition coefficient (Wildman–Crippen LogP) is 2.09. The zero-order chi connectivity index (χ0) is 18.8. The first kappa shape index (κ1) is 20.6. The highest BCUT2D eigenvalue weighted by Gasteiger charge is 2.22. The van der Waals surface area contributed by atoms with Gasteiger partial charge >= 0.3 is 0 Å². The predicted molar refractivity (Wildman–Crippen MR) is 102 cm³/mol. The quantitative estimate of drug-likeness (QED) is 0.413. The molecule has 0 saturated heterocycles. The van der Waals surface area contributed by atoms with Crippen molar-refractivity contribution in [2.75, 3.05) is 26.3 Å². The summed E-state index contributed by atoms with van der Waals surface area (Å²) in [7, 11) is 0. The van der Waals surface area contributed by atoms with E-state index in [9.17, 15) is 9.90 Å². The van der Waals surface area contributed by atoms with Crippen LogP contribution in [0.2, 0.25) is 5.02 Å². The molecule has 2 rings (SSSR count). The smallest absolute Gasteiger partial charge is 0.191 e. The maximum Gasteiger partial charge on any atom is 0.191 e. The van der Waals surface area contributed by atoms with E-state index in [-0.39, 0.29) is 25.5 Å². The minimum absolute atomic E-state index is 0.00252. The van der Waals surface area contributed by atoms with Gasteiger partial charge in [-0.15, -0.1) is 0 Å². The molecule has 0 aromatic heterocycles. The maximum absolute atomic E-state index is 12.8. The molecule has 3 N–H and O–H groups in total. The highest BCUT2D eigenvalue weighted by Crippen LogP contribution is 2.16. The largest absolute Gasteiger partial charge is 0.395 e. The van der Waals surface area contributed by atoms with Gasteiger partial charge in [-0.1, -0.05) is 54.1 Å². The number of hydrogen-bond acceptors (Lipinski definition) is 5. The first-order chi connectivity index (χ1) is 12.6. The van der Waals surface area contributed by atoms with E-state index < -0.39 is 12.2 Å². The van der Waals surface area contributed by atoms with Crippen molar-refractivity contribution in [3.8, 4) is 0 Å². The number of benzene rings is 2. The molecule has 26 heavy (non-hydrogen) atoms. The van der Waals surface area contributed by atoms with Crippen molar-refractivity contribution in [3.05, 3.63) is 70.7 Å². The van der Waals surface area contributed by atoms with Crippen LogP contribution in [0.1, 0.15) is 15.9 Å². The highest BCUT2D eigenvalue weighted by molar-refractivity contribution is 6.30. The van der Waals surface area contributed by atoms with E-state index in [1.165, 1.54) is 0 Å². The average Bonchev–Trinajstić information content (AvgIpc) is 2.65. The average molecular weight is 378 g/mol. The lowest BCUT2D eigenvalue weighted by molar-refractivity contribution is -0.00184. The van der Waals surface area contributed by atoms with Crippen LogP contribution in [-0.4, -0.2) is 54.5 Å². The minimum Gasteiger partial charge on any atom is -0.395 e. The molecule has 0 radical (unpaired) electrons. The Bertz CT molecular complexity index is 681. The summed E-state index contributed by atoms with van der Waals surface area (Å²) in [6.45, 7) is 0.690. The van der Waals surface area contributed by atoms with Crippen molar-refractivity contribution in [2.45, 2.75) is 18.6 Å². The van der Waals surface area contributed by atoms with Crippen molar-refractivity contribution >= 4 is 17.4 Å². The summed E-state index contributed by atoms with van der Waals surface area (Å²) in [4.78, 5) is 12.8. The van der Waals surface area contributed by atoms with Gasteiger partial charge in [-0.3, -0.25) is 4.79 Å². The summed E-state index contributed by atoms with van der Waals surface area (Å²) in [5, 5.41) is 22.2. The number of nitrogens with one attached hydrogen (secondary N) is 1. The molecule has 0 fully saturated rings. The van der Waals surface area contributed by atoms with Crippen LogP contribution in [0.3, 0.4) is 0 Å². The number of aliphatic hydroxyl groups excluding tert-OH is 2. The molecule has 0 heterocycles. The van der Waals surface area contributed by atoms with Crippen molar-refractivity contribution in [1.82, 2.24) is 5.32 Å². The van der Waals surface area contributed by atoms with Crippen LogP contribution in [0.4, 0.5) is 0 Å². The van der Waals surface area contributed by atoms with Crippen LogP contribution < -0.4 is 5.32 Å². The summed E-state index contributed by atoms with van der Waals surface area (Å²) in [6, 6.07) is 16.2. The molecule has 0 spiro atoms. The minimum atomic E-state index is -0.771. The Balaban J connectivity index is 2.04. The fourth-order valence-electron chi connectivity index (χ4n) is 2.53. The van der Waals surface area contributed by atoms with Crippen molar-refractivity contribution in [1.29, 1.82) is 0 Å². The Morgan fingerprint density at radius 1 is 1.15 bits per heavy atom. The Hall–Kier alpha value is -1.76. The Kier molecular flexibility index (Phi) is 8.74. The van der Waals surface area contributed by atoms with E-state index in [1.807, 2.05) is 18.2 Å². The maximum atomic E-state index is 12.8. The van der Waals surface area contributed by atoms with E-state index >= 15 is 0 Å². The van der Waals surface area contributed by atoms with Crippen LogP contribution in [0, 0.1) is 0 Å². The molecule has 6 heteroatoms. The fourth-order valence-corrected chi connectivity index (χ4v) is 2.74. The molecule has 0 aliphatic heterocycles. The second kappa shape index (κ2) is 11.1. The first-order valence-corrected chi connectivity index (χ1v) is 8.93. The summed E-state index contributed by atoms with van der Waals surface area (Å²) >= 11 is 6.03. The van der Waals surface area contributed by atoms with Gasteiger partial charge in [-0.05, 0) is 17.7 Å². The molecule has 0 aliphatic carbocycles. The molecule has 140 valence electrons. The molecule has 0 aliphatic rings. The first-order valence-electron chi connectivity index (χ1n) is 8.55. The third-order valence-electron chi connectivity index (χ3n) is 3.82. The van der Waals surface area contributed by atoms with Crippen LogP contribution in [-0.2, 0) is 11.2 Å². The zero-order valence-electron chi connectivity index (χ0n) is 14.5. The molecular weight excluding hydrogens is 354 g/mol. The number of carbonyl (C=O) groups is 1. The van der Waals surface area contributed by atoms with Gasteiger partial charge in [0.05, 0.1) is 19.3 Å². The topological polar surface area (TPSA) is 78.8 Å². The van der Waals surface area contributed by atoms with Crippen LogP contribution in [0.5, 0.6) is 0 Å². The Labute approximate surface area is 158 Å². The summed E-state index contributed by atoms with van der Waals surface area (Å²) in [5.74, 6) is -0.138. The SMILES string of the molecule is O=C(c1ccccc1)C(Cc1cccc(Cl)c1)OCC(O)CNCCO. The zero-order valence-corrected chi connectivity index (χ0v) is 15.2. The molecule has 5 nitrogen and oxygen atoms in total. The number of halogens is 1. The van der Waals surface area contributed by atoms with E-state index in [4.69, 9.17) is 21.4 Å². The second-order valence-electron chi connectivity index (χ2n) is 5.97. The summed E-state index contributed by atoms with van der Waals surface area (Å²) < 4.78 is 5.75. The molecular formula is C20H24ClNO4. The third kappa shape index (κ3) is 6.86. The number of Topliss-reactive ketones (excluding diaryl/α,β-unsaturated/α-hetero) is 1. The lowest BCUT2D eigenvalue weighted by Crippen LogP contribution is -2.36. The van der Waals surface area contributed by atoms with Crippen LogP contribution in [0.15, 0.2) is 54.6 Å². The number of ether oxygens (including phenoxy) is 1. The summed E-state index contributed by atoms with van der Waals surface area (Å²) in [6.07, 6.45) is -1.12. The normalized spacial score (nSPS) is 13.3. The number of hydrogen-bond donors (Lipinski definition) is 3. The fraction of sp³-hybridized carbons (Fsp3) is 0.350. The van der Waals surface area contributed by atoms with Gasteiger partial charge in [0.15, 0.2) is 5.78 Å². The van der Waals surface area contributed by atoms with Crippen molar-refractivity contribution < 1.29 is 19.7 Å². The molecule has 2 aromatic rings. The second-order valence-corrected chi connectivity index (χ2v) is 6.40. The van der Waals surface area contributed by atoms with Crippen LogP contribution >= 0.6 is 11.6 Å². The van der Waals surface area contributed by atoms with Gasteiger partial charge in [0.2, 0.25) is 0 Å². The van der Waals surface area contributed by atoms with Gasteiger partial charge < -0.3 is 20.3 Å². The molecule has 0 amide bonds. The molecule has 2 aromatic carbocycles. The van der Waals surface area contributed by atoms with Gasteiger partial charge in [0.1, 0.15) is 6.10 Å². The molecule has 2 atom stereocenters. The number of rotatable bonds is 11. The highest BCUT2D eigenvalue weighted by atomic mass is 35.5. The standard InChI is InChI=1S/C20H24ClNO4/c21-17-8-4-5-15(11-17)12-19(20(25)16-6-2-1-3-7-16)26-14-18(24)13-22-9-10-23/h1-8,11,18-19,22-24H,9-10,12-14H2. The van der Waals surface area contributed by atoms with E-state index in [1.54, 1.807) is 36.4 Å². The van der Waals surface area contributed by atoms with E-state index in [2.05, 4.69) is 5.32 Å². The summed E-state index contributed by atoms with van der Waals surface area (Å²) in [5.41, 5.74) is 1.45. The van der Waals surface area contributed by atoms with Crippen molar-refractivity contribution in [2.24, 2.45) is 0 Å². The van der Waals surface area contributed by atoms with Gasteiger partial charge in [0.25, 0.3) is 0 Å². The van der Waals surface area contributed by atoms with Gasteiger partial charge in [0, 0.05) is 30.1 Å². The van der Waals surface area contributed by atoms with E-state index in [0.29, 0.717) is 23.6 Å². The molecule has 2 unspecified atom stereocenters. The Morgan fingerprint density at radius 3 is 2.62 bits per heavy atom. The molecule has 0 bridgehead atoms. The Morgan fingerprint density at radius 2 is 1.92 bits per heavy atom. The number of carbonyl (C=O) groups excluding carboxylic acids is 1. The van der Waals surface area contributed by atoms with Crippen molar-refractivity contribution in [3.63, 3.8) is 0 Å². The number of aliphatic hydroxyl groups is 2. The lowest BCUT2D eigenvalue weighted by Gasteiger charge is -2.20. The number of ketones is 1. The van der Waals surface area contributed by atoms with Crippen LogP contribution in [0.25, 0.3) is 0 Å². The lowest BCUT2D eigenvalue weighted by atomic mass is 10.00. The third-order valence-corrected chi connectivity index (χ3v) is 4.05.